The number of hydrogen-bond acceptors (Lipinski definition) is 6. The number of nitrogens with one attached hydrogen (secondary N) is 1. The fraction of sp³-hybridized carbons (Fsp3) is 0.400. The first kappa shape index (κ1) is 21.2. The van der Waals surface area contributed by atoms with Crippen LogP contribution in [-0.4, -0.2) is 51.9 Å². The molecule has 4 rings (SSSR count). The van der Waals surface area contributed by atoms with Crippen LogP contribution in [0.3, 0.4) is 0 Å². The normalized spacial score (nSPS) is 22.0. The molecular weight excluding hydrogens is 430 g/mol. The minimum Gasteiger partial charge on any atom is -0.381 e. The summed E-state index contributed by atoms with van der Waals surface area (Å²) >= 11 is 5.90. The van der Waals surface area contributed by atoms with Gasteiger partial charge in [0.2, 0.25) is 11.7 Å². The highest BCUT2D eigenvalue weighted by atomic mass is 35.5. The van der Waals surface area contributed by atoms with Crippen molar-refractivity contribution < 1.29 is 18.4 Å². The van der Waals surface area contributed by atoms with Crippen molar-refractivity contribution in [3.8, 4) is 0 Å². The van der Waals surface area contributed by atoms with Gasteiger partial charge in [-0.1, -0.05) is 11.6 Å². The predicted molar refractivity (Wildman–Crippen MR) is 112 cm³/mol. The van der Waals surface area contributed by atoms with Crippen molar-refractivity contribution in [2.24, 2.45) is 0 Å². The third-order valence-electron chi connectivity index (χ3n) is 5.52. The van der Waals surface area contributed by atoms with Gasteiger partial charge in [-0.15, -0.1) is 0 Å². The summed E-state index contributed by atoms with van der Waals surface area (Å²) in [7, 11) is 0. The van der Waals surface area contributed by atoms with Crippen LogP contribution in [0.2, 0.25) is 5.02 Å². The van der Waals surface area contributed by atoms with Crippen LogP contribution in [0, 0.1) is 11.6 Å². The highest BCUT2D eigenvalue weighted by molar-refractivity contribution is 6.30. The van der Waals surface area contributed by atoms with Crippen molar-refractivity contribution in [1.29, 1.82) is 0 Å². The molecule has 31 heavy (non-hydrogen) atoms. The quantitative estimate of drug-likeness (QED) is 0.742. The number of amides is 2. The van der Waals surface area contributed by atoms with Crippen LogP contribution >= 0.6 is 11.6 Å². The summed E-state index contributed by atoms with van der Waals surface area (Å²) in [5.74, 6) is -2.58. The molecule has 3 N–H and O–H groups in total. The Morgan fingerprint density at radius 3 is 2.61 bits per heavy atom. The van der Waals surface area contributed by atoms with Gasteiger partial charge in [0.05, 0.1) is 0 Å². The Morgan fingerprint density at radius 2 is 1.84 bits per heavy atom. The molecule has 0 spiro atoms. The number of carbonyl (C=O) groups is 2. The fourth-order valence-electron chi connectivity index (χ4n) is 4.10. The molecule has 0 aliphatic carbocycles. The monoisotopic (exact) mass is 450 g/mol. The Morgan fingerprint density at radius 1 is 1.06 bits per heavy atom. The summed E-state index contributed by atoms with van der Waals surface area (Å²) in [5.41, 5.74) is 5.90. The second-order valence-electron chi connectivity index (χ2n) is 7.57. The van der Waals surface area contributed by atoms with E-state index >= 15 is 0 Å². The van der Waals surface area contributed by atoms with Gasteiger partial charge in [0, 0.05) is 23.8 Å². The molecular formula is C20H21ClF2N6O2. The van der Waals surface area contributed by atoms with Crippen LogP contribution in [0.15, 0.2) is 24.5 Å². The Kier molecular flexibility index (Phi) is 5.90. The van der Waals surface area contributed by atoms with Crippen LogP contribution < -0.4 is 16.0 Å². The lowest BCUT2D eigenvalue weighted by molar-refractivity contribution is -0.143. The molecule has 2 amide bonds. The molecule has 1 aromatic carbocycles. The maximum Gasteiger partial charge on any atom is 0.251 e. The molecule has 1 aromatic heterocycles. The minimum absolute atomic E-state index is 0.185. The van der Waals surface area contributed by atoms with Gasteiger partial charge in [0.1, 0.15) is 24.2 Å². The number of nitrogens with two attached hydrogens (primary N) is 1. The Bertz CT molecular complexity index is 1000. The Hall–Kier alpha value is -3.01. The zero-order valence-electron chi connectivity index (χ0n) is 16.5. The molecule has 0 saturated carbocycles. The molecule has 0 radical (unpaired) electrons. The lowest BCUT2D eigenvalue weighted by atomic mass is 9.97. The molecule has 2 atom stereocenters. The summed E-state index contributed by atoms with van der Waals surface area (Å²) in [6.45, 7) is 0.674. The molecule has 3 heterocycles. The van der Waals surface area contributed by atoms with Gasteiger partial charge in [-0.25, -0.2) is 14.4 Å². The topological polar surface area (TPSA) is 104 Å². The van der Waals surface area contributed by atoms with Gasteiger partial charge >= 0.3 is 0 Å². The van der Waals surface area contributed by atoms with E-state index in [-0.39, 0.29) is 29.1 Å². The number of hydrogen-bond donors (Lipinski definition) is 2. The average Bonchev–Trinajstić information content (AvgIpc) is 2.72. The van der Waals surface area contributed by atoms with E-state index in [2.05, 4.69) is 15.3 Å². The van der Waals surface area contributed by atoms with Crippen molar-refractivity contribution in [3.05, 3.63) is 41.2 Å². The third kappa shape index (κ3) is 4.25. The summed E-state index contributed by atoms with van der Waals surface area (Å²) < 4.78 is 28.0. The van der Waals surface area contributed by atoms with Crippen LogP contribution in [-0.2, 0) is 9.59 Å². The van der Waals surface area contributed by atoms with E-state index in [4.69, 9.17) is 17.3 Å². The predicted octanol–water partition coefficient (Wildman–Crippen LogP) is 2.59. The number of piperidine rings is 2. The first-order valence-corrected chi connectivity index (χ1v) is 10.3. The van der Waals surface area contributed by atoms with Crippen molar-refractivity contribution in [2.75, 3.05) is 29.0 Å². The Balaban J connectivity index is 1.53. The maximum atomic E-state index is 14.4. The summed E-state index contributed by atoms with van der Waals surface area (Å²) in [6, 6.07) is 2.61. The summed E-state index contributed by atoms with van der Waals surface area (Å²) in [5, 5.41) is 3.23. The van der Waals surface area contributed by atoms with Gasteiger partial charge in [0.25, 0.3) is 5.91 Å². The van der Waals surface area contributed by atoms with E-state index in [9.17, 15) is 18.4 Å². The van der Waals surface area contributed by atoms with Crippen LogP contribution in [0.1, 0.15) is 25.7 Å². The Labute approximate surface area is 182 Å². The van der Waals surface area contributed by atoms with Crippen molar-refractivity contribution in [2.45, 2.75) is 37.8 Å². The molecule has 0 unspecified atom stereocenters. The third-order valence-corrected chi connectivity index (χ3v) is 5.73. The van der Waals surface area contributed by atoms with E-state index in [0.717, 1.165) is 6.33 Å². The lowest BCUT2D eigenvalue weighted by Gasteiger charge is -2.41. The summed E-state index contributed by atoms with van der Waals surface area (Å²) in [6.07, 6.45) is 3.32. The van der Waals surface area contributed by atoms with E-state index < -0.39 is 29.6 Å². The SMILES string of the molecule is Nc1ncnc(N2CCC[C@@H](N3CCC[C@H](Nc4cc(F)cc(Cl)c4)C3=O)C2=O)c1F. The van der Waals surface area contributed by atoms with Gasteiger partial charge in [-0.3, -0.25) is 14.5 Å². The van der Waals surface area contributed by atoms with Gasteiger partial charge in [-0.05, 0) is 43.9 Å². The van der Waals surface area contributed by atoms with Crippen LogP contribution in [0.4, 0.5) is 26.1 Å². The number of likely N-dealkylation sites (tertiary alicyclic amines) is 1. The highest BCUT2D eigenvalue weighted by Crippen LogP contribution is 2.29. The molecule has 8 nitrogen and oxygen atoms in total. The van der Waals surface area contributed by atoms with E-state index in [1.807, 2.05) is 0 Å². The minimum atomic E-state index is -0.857. The van der Waals surface area contributed by atoms with Gasteiger partial charge < -0.3 is 16.0 Å². The molecule has 11 heteroatoms. The molecule has 2 aliphatic rings. The lowest BCUT2D eigenvalue weighted by Crippen LogP contribution is -2.59. The van der Waals surface area contributed by atoms with Crippen molar-refractivity contribution in [3.63, 3.8) is 0 Å². The second kappa shape index (κ2) is 8.62. The number of halogens is 3. The average molecular weight is 451 g/mol. The van der Waals surface area contributed by atoms with Gasteiger partial charge in [-0.2, -0.15) is 4.39 Å². The molecule has 2 saturated heterocycles. The number of anilines is 3. The van der Waals surface area contributed by atoms with Crippen LogP contribution in [0.5, 0.6) is 0 Å². The number of rotatable bonds is 4. The number of nitrogen functional groups attached to an aromatic ring is 1. The first-order valence-electron chi connectivity index (χ1n) is 9.95. The van der Waals surface area contributed by atoms with E-state index in [0.29, 0.717) is 37.9 Å². The molecule has 2 fully saturated rings. The number of benzene rings is 1. The molecule has 2 aromatic rings. The zero-order valence-corrected chi connectivity index (χ0v) is 17.3. The standard InChI is InChI=1S/C20H21ClF2N6O2/c21-11-7-12(22)9-13(8-11)27-14-3-1-5-28(19(14)30)15-4-2-6-29(20(15)31)18-16(23)17(24)25-10-26-18/h7-10,14-15,27H,1-6H2,(H2,24,25,26)/t14-,15+/m0/s1. The molecule has 0 bridgehead atoms. The second-order valence-corrected chi connectivity index (χ2v) is 8.01. The van der Waals surface area contributed by atoms with Crippen molar-refractivity contribution in [1.82, 2.24) is 14.9 Å². The van der Waals surface area contributed by atoms with Crippen molar-refractivity contribution >= 4 is 40.7 Å². The van der Waals surface area contributed by atoms with Crippen LogP contribution in [0.25, 0.3) is 0 Å². The van der Waals surface area contributed by atoms with E-state index in [1.54, 1.807) is 0 Å². The number of nitrogens with zero attached hydrogens (tertiary/aromatic N) is 4. The molecule has 2 aliphatic heterocycles. The molecule has 164 valence electrons. The fourth-order valence-corrected chi connectivity index (χ4v) is 4.32. The first-order chi connectivity index (χ1) is 14.8. The van der Waals surface area contributed by atoms with E-state index in [1.165, 1.54) is 28.0 Å². The number of carbonyl (C=O) groups excluding carboxylic acids is 2. The van der Waals surface area contributed by atoms with Gasteiger partial charge in [0.15, 0.2) is 11.6 Å². The highest BCUT2D eigenvalue weighted by Gasteiger charge is 2.41. The number of aromatic nitrogens is 2. The largest absolute Gasteiger partial charge is 0.381 e. The smallest absolute Gasteiger partial charge is 0.251 e. The zero-order chi connectivity index (χ0) is 22.1. The summed E-state index contributed by atoms with van der Waals surface area (Å²) in [4.78, 5) is 36.5. The maximum absolute atomic E-state index is 14.4.